The molecule has 0 unspecified atom stereocenters. The number of aromatic nitrogens is 1. The molecule has 1 aliphatic rings. The van der Waals surface area contributed by atoms with Gasteiger partial charge in [-0.1, -0.05) is 11.2 Å². The van der Waals surface area contributed by atoms with Gasteiger partial charge in [0.05, 0.1) is 22.9 Å². The summed E-state index contributed by atoms with van der Waals surface area (Å²) >= 11 is 1.54. The summed E-state index contributed by atoms with van der Waals surface area (Å²) in [6.45, 7) is 0.860. The smallest absolute Gasteiger partial charge is 0.320 e. The molecule has 0 atom stereocenters. The maximum absolute atomic E-state index is 11.8. The van der Waals surface area contributed by atoms with Crippen LogP contribution in [0.1, 0.15) is 5.69 Å². The molecule has 2 aromatic rings. The highest BCUT2D eigenvalue weighted by molar-refractivity contribution is 7.91. The molecule has 0 radical (unpaired) electrons. The quantitative estimate of drug-likeness (QED) is 0.743. The first kappa shape index (κ1) is 16.2. The normalized spacial score (nSPS) is 17.9. The average molecular weight is 356 g/mol. The molecule has 0 aromatic carbocycles. The summed E-state index contributed by atoms with van der Waals surface area (Å²) in [4.78, 5) is 14.6. The Morgan fingerprint density at radius 2 is 2.17 bits per heavy atom. The molecule has 7 nitrogen and oxygen atoms in total. The highest BCUT2D eigenvalue weighted by Crippen LogP contribution is 2.25. The summed E-state index contributed by atoms with van der Waals surface area (Å²) in [5.74, 6) is 0.429. The third kappa shape index (κ3) is 4.40. The lowest BCUT2D eigenvalue weighted by molar-refractivity contribution is -0.146. The minimum absolute atomic E-state index is 0.0415. The molecule has 23 heavy (non-hydrogen) atoms. The summed E-state index contributed by atoms with van der Waals surface area (Å²) in [6, 6.07) is 5.58. The summed E-state index contributed by atoms with van der Waals surface area (Å²) < 4.78 is 33.0. The first-order valence-corrected chi connectivity index (χ1v) is 9.80. The fourth-order valence-corrected chi connectivity index (χ4v) is 4.16. The van der Waals surface area contributed by atoms with Crippen molar-refractivity contribution in [3.8, 4) is 10.6 Å². The third-order valence-corrected chi connectivity index (χ3v) is 5.99. The number of nitrogens with zero attached hydrogens (tertiary/aromatic N) is 2. The van der Waals surface area contributed by atoms with Crippen molar-refractivity contribution in [2.24, 2.45) is 0 Å². The SMILES string of the molecule is O=C(CN1CCS(=O)(=O)CC1)OCc1cc(-c2cccs2)on1. The Kier molecular flexibility index (Phi) is 4.79. The van der Waals surface area contributed by atoms with E-state index in [4.69, 9.17) is 9.26 Å². The van der Waals surface area contributed by atoms with Crippen LogP contribution in [0, 0.1) is 0 Å². The largest absolute Gasteiger partial charge is 0.458 e. The van der Waals surface area contributed by atoms with E-state index in [9.17, 15) is 13.2 Å². The van der Waals surface area contributed by atoms with Gasteiger partial charge in [0.2, 0.25) is 0 Å². The van der Waals surface area contributed by atoms with Gasteiger partial charge in [-0.25, -0.2) is 8.42 Å². The lowest BCUT2D eigenvalue weighted by Crippen LogP contribution is -2.43. The Balaban J connectivity index is 1.46. The number of thiophene rings is 1. The highest BCUT2D eigenvalue weighted by Gasteiger charge is 2.23. The van der Waals surface area contributed by atoms with Crippen LogP contribution in [0.2, 0.25) is 0 Å². The second-order valence-corrected chi connectivity index (χ2v) is 8.50. The Morgan fingerprint density at radius 1 is 1.39 bits per heavy atom. The zero-order chi connectivity index (χ0) is 16.3. The number of ether oxygens (including phenoxy) is 1. The van der Waals surface area contributed by atoms with Gasteiger partial charge in [-0.2, -0.15) is 0 Å². The second-order valence-electron chi connectivity index (χ2n) is 5.25. The van der Waals surface area contributed by atoms with E-state index in [1.807, 2.05) is 17.5 Å². The van der Waals surface area contributed by atoms with E-state index < -0.39 is 15.8 Å². The van der Waals surface area contributed by atoms with Crippen LogP contribution in [-0.2, 0) is 26.0 Å². The van der Waals surface area contributed by atoms with Crippen LogP contribution in [0.25, 0.3) is 10.6 Å². The Labute approximate surface area is 137 Å². The number of carbonyl (C=O) groups is 1. The van der Waals surface area contributed by atoms with Gasteiger partial charge < -0.3 is 9.26 Å². The summed E-state index contributed by atoms with van der Waals surface area (Å²) in [5, 5.41) is 5.81. The van der Waals surface area contributed by atoms with E-state index in [2.05, 4.69) is 5.16 Å². The van der Waals surface area contributed by atoms with Gasteiger partial charge in [0.1, 0.15) is 12.3 Å². The highest BCUT2D eigenvalue weighted by atomic mass is 32.2. The lowest BCUT2D eigenvalue weighted by atomic mass is 10.3. The van der Waals surface area contributed by atoms with Crippen molar-refractivity contribution in [3.05, 3.63) is 29.3 Å². The number of rotatable bonds is 5. The van der Waals surface area contributed by atoms with Gasteiger partial charge in [0.25, 0.3) is 0 Å². The number of esters is 1. The van der Waals surface area contributed by atoms with Crippen molar-refractivity contribution in [3.63, 3.8) is 0 Å². The van der Waals surface area contributed by atoms with E-state index in [1.54, 1.807) is 11.0 Å². The van der Waals surface area contributed by atoms with Gasteiger partial charge in [0, 0.05) is 19.2 Å². The number of hydrogen-bond donors (Lipinski definition) is 0. The summed E-state index contributed by atoms with van der Waals surface area (Å²) in [7, 11) is -2.94. The first-order valence-electron chi connectivity index (χ1n) is 7.10. The lowest BCUT2D eigenvalue weighted by Gasteiger charge is -2.25. The molecule has 9 heteroatoms. The zero-order valence-corrected chi connectivity index (χ0v) is 13.9. The molecule has 0 spiro atoms. The van der Waals surface area contributed by atoms with E-state index in [1.165, 1.54) is 11.3 Å². The molecule has 1 fully saturated rings. The molecular formula is C14H16N2O5S2. The van der Waals surface area contributed by atoms with Gasteiger partial charge in [0.15, 0.2) is 15.6 Å². The van der Waals surface area contributed by atoms with Crippen LogP contribution < -0.4 is 0 Å². The van der Waals surface area contributed by atoms with E-state index in [0.29, 0.717) is 24.5 Å². The molecule has 0 amide bonds. The molecule has 0 N–H and O–H groups in total. The molecule has 0 saturated carbocycles. The predicted octanol–water partition coefficient (Wildman–Crippen LogP) is 1.18. The van der Waals surface area contributed by atoms with E-state index >= 15 is 0 Å². The zero-order valence-electron chi connectivity index (χ0n) is 12.3. The molecule has 0 bridgehead atoms. The molecule has 3 rings (SSSR count). The molecule has 0 aliphatic carbocycles. The molecule has 1 aliphatic heterocycles. The van der Waals surface area contributed by atoms with Crippen molar-refractivity contribution in [1.82, 2.24) is 10.1 Å². The molecule has 1 saturated heterocycles. The second kappa shape index (κ2) is 6.81. The topological polar surface area (TPSA) is 89.7 Å². The van der Waals surface area contributed by atoms with Gasteiger partial charge in [-0.3, -0.25) is 9.69 Å². The fourth-order valence-electron chi connectivity index (χ4n) is 2.21. The monoisotopic (exact) mass is 356 g/mol. The maximum Gasteiger partial charge on any atom is 0.320 e. The van der Waals surface area contributed by atoms with Crippen LogP contribution in [0.4, 0.5) is 0 Å². The van der Waals surface area contributed by atoms with Gasteiger partial charge in [-0.05, 0) is 11.4 Å². The first-order chi connectivity index (χ1) is 11.0. The molecule has 124 valence electrons. The summed E-state index contributed by atoms with van der Waals surface area (Å²) in [6.07, 6.45) is 0. The van der Waals surface area contributed by atoms with Crippen molar-refractivity contribution in [1.29, 1.82) is 0 Å². The number of hydrogen-bond acceptors (Lipinski definition) is 8. The maximum atomic E-state index is 11.8. The average Bonchev–Trinajstić information content (AvgIpc) is 3.18. The van der Waals surface area contributed by atoms with Gasteiger partial charge >= 0.3 is 5.97 Å². The van der Waals surface area contributed by atoms with E-state index in [-0.39, 0.29) is 24.7 Å². The van der Waals surface area contributed by atoms with Crippen molar-refractivity contribution in [2.75, 3.05) is 31.1 Å². The minimum Gasteiger partial charge on any atom is -0.458 e. The standard InChI is InChI=1S/C14H16N2O5S2/c17-14(9-16-3-6-23(18,19)7-4-16)20-10-11-8-12(21-15-11)13-2-1-5-22-13/h1-2,5,8H,3-4,6-7,9-10H2. The van der Waals surface area contributed by atoms with Crippen molar-refractivity contribution < 1.29 is 22.5 Å². The Bertz CT molecular complexity index is 753. The molecule has 3 heterocycles. The van der Waals surface area contributed by atoms with Crippen molar-refractivity contribution >= 4 is 27.1 Å². The van der Waals surface area contributed by atoms with Crippen LogP contribution in [-0.4, -0.2) is 55.6 Å². The van der Waals surface area contributed by atoms with Crippen LogP contribution in [0.3, 0.4) is 0 Å². The third-order valence-electron chi connectivity index (χ3n) is 3.49. The molecule has 2 aromatic heterocycles. The van der Waals surface area contributed by atoms with Gasteiger partial charge in [-0.15, -0.1) is 11.3 Å². The van der Waals surface area contributed by atoms with E-state index in [0.717, 1.165) is 4.88 Å². The van der Waals surface area contributed by atoms with Crippen LogP contribution >= 0.6 is 11.3 Å². The van der Waals surface area contributed by atoms with Crippen LogP contribution in [0.15, 0.2) is 28.1 Å². The molecular weight excluding hydrogens is 340 g/mol. The Morgan fingerprint density at radius 3 is 2.87 bits per heavy atom. The Hall–Kier alpha value is -1.71. The summed E-state index contributed by atoms with van der Waals surface area (Å²) in [5.41, 5.74) is 0.544. The van der Waals surface area contributed by atoms with Crippen molar-refractivity contribution in [2.45, 2.75) is 6.61 Å². The predicted molar refractivity (Wildman–Crippen MR) is 84.7 cm³/mol. The van der Waals surface area contributed by atoms with Crippen LogP contribution in [0.5, 0.6) is 0 Å². The fraction of sp³-hybridized carbons (Fsp3) is 0.429. The number of sulfone groups is 1. The minimum atomic E-state index is -2.94. The number of carbonyl (C=O) groups excluding carboxylic acids is 1.